The summed E-state index contributed by atoms with van der Waals surface area (Å²) in [5, 5.41) is 1.50. The number of furan rings is 1. The maximum Gasteiger partial charge on any atom is 0.137 e. The molecule has 1 aromatic heterocycles. The smallest absolute Gasteiger partial charge is 0.137 e. The third kappa shape index (κ3) is 2.35. The van der Waals surface area contributed by atoms with Crippen LogP contribution in [-0.4, -0.2) is 0 Å². The lowest BCUT2D eigenvalue weighted by molar-refractivity contribution is 0.522. The fourth-order valence-electron chi connectivity index (χ4n) is 2.10. The lowest BCUT2D eigenvalue weighted by Gasteiger charge is -2.11. The summed E-state index contributed by atoms with van der Waals surface area (Å²) in [4.78, 5) is 0. The zero-order valence-corrected chi connectivity index (χ0v) is 12.6. The van der Waals surface area contributed by atoms with Crippen LogP contribution in [0.1, 0.15) is 17.4 Å². The van der Waals surface area contributed by atoms with E-state index in [2.05, 4.69) is 15.9 Å². The molecule has 2 aromatic carbocycles. The van der Waals surface area contributed by atoms with E-state index in [0.717, 1.165) is 5.39 Å². The molecule has 0 aliphatic heterocycles. The number of fused-ring (bicyclic) bond motifs is 1. The van der Waals surface area contributed by atoms with Crippen molar-refractivity contribution in [1.29, 1.82) is 0 Å². The van der Waals surface area contributed by atoms with Gasteiger partial charge in [-0.05, 0) is 51.8 Å². The molecule has 102 valence electrons. The first kappa shape index (κ1) is 13.6. The van der Waals surface area contributed by atoms with E-state index in [1.165, 1.54) is 6.07 Å². The quantitative estimate of drug-likeness (QED) is 0.700. The summed E-state index contributed by atoms with van der Waals surface area (Å²) in [5.74, 6) is 0.214. The Morgan fingerprint density at radius 3 is 2.80 bits per heavy atom. The number of hydrogen-bond acceptors (Lipinski definition) is 2. The Balaban J connectivity index is 2.08. The normalized spacial score (nSPS) is 12.8. The van der Waals surface area contributed by atoms with Gasteiger partial charge in [0, 0.05) is 10.4 Å². The number of hydrogen-bond donors (Lipinski definition) is 1. The molecule has 20 heavy (non-hydrogen) atoms. The summed E-state index contributed by atoms with van der Waals surface area (Å²) < 4.78 is 19.6. The Morgan fingerprint density at radius 2 is 2.00 bits per heavy atom. The van der Waals surface area contributed by atoms with Gasteiger partial charge in [-0.25, -0.2) is 4.39 Å². The summed E-state index contributed by atoms with van der Waals surface area (Å²) in [7, 11) is 0. The highest BCUT2D eigenvalue weighted by Crippen LogP contribution is 2.32. The second-order valence-electron chi connectivity index (χ2n) is 4.45. The monoisotopic (exact) mass is 353 g/mol. The van der Waals surface area contributed by atoms with Gasteiger partial charge in [0.05, 0.1) is 10.5 Å². The maximum absolute atomic E-state index is 13.6. The molecule has 0 fully saturated rings. The highest BCUT2D eigenvalue weighted by Gasteiger charge is 2.18. The third-order valence-electron chi connectivity index (χ3n) is 3.12. The van der Waals surface area contributed by atoms with Crippen molar-refractivity contribution in [3.8, 4) is 0 Å². The lowest BCUT2D eigenvalue weighted by atomic mass is 10.1. The number of halogens is 3. The summed E-state index contributed by atoms with van der Waals surface area (Å²) >= 11 is 9.16. The molecule has 3 aromatic rings. The van der Waals surface area contributed by atoms with Crippen molar-refractivity contribution in [3.63, 3.8) is 0 Å². The standard InChI is InChI=1S/C15H10BrClFNO/c16-14-10(2-1-3-11(14)18)15(19)13-7-8-6-9(17)4-5-12(8)20-13/h1-7,15H,19H2. The summed E-state index contributed by atoms with van der Waals surface area (Å²) in [6.45, 7) is 0. The Labute approximate surface area is 128 Å². The minimum Gasteiger partial charge on any atom is -0.459 e. The van der Waals surface area contributed by atoms with Crippen LogP contribution in [-0.2, 0) is 0 Å². The zero-order valence-electron chi connectivity index (χ0n) is 10.2. The van der Waals surface area contributed by atoms with Crippen LogP contribution in [0.15, 0.2) is 51.4 Å². The van der Waals surface area contributed by atoms with Gasteiger partial charge in [0.1, 0.15) is 17.2 Å². The largest absolute Gasteiger partial charge is 0.459 e. The highest BCUT2D eigenvalue weighted by atomic mass is 79.9. The molecule has 0 aliphatic rings. The first-order valence-corrected chi connectivity index (χ1v) is 7.12. The molecular formula is C15H10BrClFNO. The van der Waals surface area contributed by atoms with Crippen LogP contribution in [0.4, 0.5) is 4.39 Å². The van der Waals surface area contributed by atoms with Gasteiger partial charge < -0.3 is 10.2 Å². The maximum atomic E-state index is 13.6. The number of benzene rings is 2. The first-order chi connectivity index (χ1) is 9.56. The van der Waals surface area contributed by atoms with Crippen molar-refractivity contribution in [1.82, 2.24) is 0 Å². The average molecular weight is 355 g/mol. The number of nitrogens with two attached hydrogens (primary N) is 1. The van der Waals surface area contributed by atoms with E-state index in [9.17, 15) is 4.39 Å². The van der Waals surface area contributed by atoms with Crippen LogP contribution >= 0.6 is 27.5 Å². The minimum absolute atomic E-state index is 0.350. The molecule has 0 radical (unpaired) electrons. The van der Waals surface area contributed by atoms with E-state index in [4.69, 9.17) is 21.8 Å². The van der Waals surface area contributed by atoms with E-state index in [1.54, 1.807) is 30.3 Å². The third-order valence-corrected chi connectivity index (χ3v) is 4.19. The Bertz CT molecular complexity index is 787. The zero-order chi connectivity index (χ0) is 14.3. The predicted octanol–water partition coefficient (Wildman–Crippen LogP) is 5.04. The molecule has 1 unspecified atom stereocenters. The van der Waals surface area contributed by atoms with Gasteiger partial charge in [-0.3, -0.25) is 0 Å². The van der Waals surface area contributed by atoms with Gasteiger partial charge in [-0.15, -0.1) is 0 Å². The summed E-state index contributed by atoms with van der Waals surface area (Å²) in [6, 6.07) is 11.4. The van der Waals surface area contributed by atoms with E-state index in [0.29, 0.717) is 26.4 Å². The molecule has 1 atom stereocenters. The van der Waals surface area contributed by atoms with Gasteiger partial charge in [-0.2, -0.15) is 0 Å². The molecule has 0 bridgehead atoms. The fraction of sp³-hybridized carbons (Fsp3) is 0.0667. The van der Waals surface area contributed by atoms with Gasteiger partial charge in [0.2, 0.25) is 0 Å². The SMILES string of the molecule is NC(c1cc2cc(Cl)ccc2o1)c1cccc(F)c1Br. The Kier molecular flexibility index (Phi) is 3.54. The molecule has 0 saturated heterocycles. The topological polar surface area (TPSA) is 39.2 Å². The van der Waals surface area contributed by atoms with Gasteiger partial charge in [0.15, 0.2) is 0 Å². The average Bonchev–Trinajstić information content (AvgIpc) is 2.84. The van der Waals surface area contributed by atoms with Crippen molar-refractivity contribution in [3.05, 3.63) is 69.1 Å². The molecule has 1 heterocycles. The Morgan fingerprint density at radius 1 is 1.20 bits per heavy atom. The van der Waals surface area contributed by atoms with Crippen LogP contribution in [0.3, 0.4) is 0 Å². The molecule has 3 rings (SSSR count). The van der Waals surface area contributed by atoms with Crippen LogP contribution in [0.25, 0.3) is 11.0 Å². The molecule has 0 saturated carbocycles. The second kappa shape index (κ2) is 5.20. The van der Waals surface area contributed by atoms with Crippen LogP contribution < -0.4 is 5.73 Å². The van der Waals surface area contributed by atoms with Crippen molar-refractivity contribution >= 4 is 38.5 Å². The molecule has 2 nitrogen and oxygen atoms in total. The fourth-order valence-corrected chi connectivity index (χ4v) is 2.79. The van der Waals surface area contributed by atoms with Gasteiger partial charge in [0.25, 0.3) is 0 Å². The van der Waals surface area contributed by atoms with E-state index in [1.807, 2.05) is 6.07 Å². The van der Waals surface area contributed by atoms with Gasteiger partial charge in [-0.1, -0.05) is 23.7 Å². The highest BCUT2D eigenvalue weighted by molar-refractivity contribution is 9.10. The van der Waals surface area contributed by atoms with E-state index < -0.39 is 6.04 Å². The predicted molar refractivity (Wildman–Crippen MR) is 81.4 cm³/mol. The van der Waals surface area contributed by atoms with Crippen LogP contribution in [0.5, 0.6) is 0 Å². The van der Waals surface area contributed by atoms with Crippen molar-refractivity contribution < 1.29 is 8.81 Å². The van der Waals surface area contributed by atoms with Crippen molar-refractivity contribution in [2.75, 3.05) is 0 Å². The molecule has 5 heteroatoms. The van der Waals surface area contributed by atoms with E-state index in [-0.39, 0.29) is 5.82 Å². The molecule has 0 spiro atoms. The van der Waals surface area contributed by atoms with Crippen molar-refractivity contribution in [2.24, 2.45) is 5.73 Å². The summed E-state index contributed by atoms with van der Waals surface area (Å²) in [5.41, 5.74) is 7.50. The molecule has 0 aliphatic carbocycles. The molecule has 2 N–H and O–H groups in total. The summed E-state index contributed by atoms with van der Waals surface area (Å²) in [6.07, 6.45) is 0. The van der Waals surface area contributed by atoms with Gasteiger partial charge >= 0.3 is 0 Å². The Hall–Kier alpha value is -1.36. The minimum atomic E-state index is -0.550. The molecular weight excluding hydrogens is 345 g/mol. The van der Waals surface area contributed by atoms with Crippen LogP contribution in [0, 0.1) is 5.82 Å². The number of rotatable bonds is 2. The molecule has 0 amide bonds. The van der Waals surface area contributed by atoms with E-state index >= 15 is 0 Å². The van der Waals surface area contributed by atoms with Crippen LogP contribution in [0.2, 0.25) is 5.02 Å². The van der Waals surface area contributed by atoms with Crippen molar-refractivity contribution in [2.45, 2.75) is 6.04 Å². The first-order valence-electron chi connectivity index (χ1n) is 5.95. The lowest BCUT2D eigenvalue weighted by Crippen LogP contribution is -2.12. The second-order valence-corrected chi connectivity index (χ2v) is 5.68.